The number of rotatable bonds is 7. The van der Waals surface area contributed by atoms with E-state index in [9.17, 15) is 4.79 Å². The topological polar surface area (TPSA) is 50.8 Å². The summed E-state index contributed by atoms with van der Waals surface area (Å²) in [6.45, 7) is 3.44. The Hall–Kier alpha value is -1.46. The zero-order valence-corrected chi connectivity index (χ0v) is 16.4. The number of nitrogens with one attached hydrogen (secondary N) is 1. The van der Waals surface area contributed by atoms with Crippen molar-refractivity contribution in [3.05, 3.63) is 24.3 Å². The number of likely N-dealkylation sites (N-methyl/N-ethyl adjacent to an activating group) is 1. The first kappa shape index (κ1) is 21.6. The Morgan fingerprint density at radius 1 is 1.20 bits per heavy atom. The molecule has 0 aromatic heterocycles. The minimum atomic E-state index is -0.397. The predicted molar refractivity (Wildman–Crippen MR) is 104 cm³/mol. The second kappa shape index (κ2) is 10.5. The lowest BCUT2D eigenvalue weighted by atomic mass is 9.84. The molecular weight excluding hydrogens is 340 g/mol. The number of carbonyl (C=O) groups excluding carboxylic acids is 1. The van der Waals surface area contributed by atoms with Crippen LogP contribution < -0.4 is 10.1 Å². The molecule has 0 atom stereocenters. The van der Waals surface area contributed by atoms with E-state index in [0.717, 1.165) is 38.6 Å². The highest BCUT2D eigenvalue weighted by molar-refractivity contribution is 5.87. The fraction of sp³-hybridized carbons (Fsp3) is 0.632. The summed E-state index contributed by atoms with van der Waals surface area (Å²) in [5.74, 6) is 0.682. The first-order valence-corrected chi connectivity index (χ1v) is 8.91. The molecule has 0 heterocycles. The van der Waals surface area contributed by atoms with Gasteiger partial charge in [0.25, 0.3) is 0 Å². The van der Waals surface area contributed by atoms with Crippen molar-refractivity contribution in [2.24, 2.45) is 0 Å². The Bertz CT molecular complexity index is 531. The molecule has 5 nitrogen and oxygen atoms in total. The number of benzene rings is 1. The van der Waals surface area contributed by atoms with Crippen LogP contribution in [0.1, 0.15) is 45.4 Å². The molecule has 1 fully saturated rings. The maximum atomic E-state index is 12.5. The van der Waals surface area contributed by atoms with Crippen LogP contribution in [0.3, 0.4) is 0 Å². The molecule has 0 radical (unpaired) electrons. The van der Waals surface area contributed by atoms with E-state index in [-0.39, 0.29) is 18.0 Å². The number of ether oxygens (including phenoxy) is 2. The van der Waals surface area contributed by atoms with Crippen molar-refractivity contribution in [2.45, 2.75) is 51.0 Å². The van der Waals surface area contributed by atoms with Gasteiger partial charge in [-0.05, 0) is 58.3 Å². The zero-order valence-electron chi connectivity index (χ0n) is 15.5. The summed E-state index contributed by atoms with van der Waals surface area (Å²) < 4.78 is 11.6. The van der Waals surface area contributed by atoms with Gasteiger partial charge in [-0.15, -0.1) is 12.4 Å². The van der Waals surface area contributed by atoms with Crippen LogP contribution in [-0.4, -0.2) is 43.8 Å². The minimum Gasteiger partial charge on any atom is -0.491 e. The second-order valence-corrected chi connectivity index (χ2v) is 6.84. The van der Waals surface area contributed by atoms with E-state index in [4.69, 9.17) is 9.47 Å². The molecule has 2 rings (SSSR count). The van der Waals surface area contributed by atoms with Gasteiger partial charge in [-0.1, -0.05) is 25.5 Å². The third kappa shape index (κ3) is 6.75. The summed E-state index contributed by atoms with van der Waals surface area (Å²) in [5.41, 5.74) is 0.275. The molecule has 1 amide bonds. The minimum absolute atomic E-state index is 0. The molecular formula is C19H31ClN2O3. The Labute approximate surface area is 157 Å². The molecule has 1 N–H and O–H groups in total. The molecule has 1 aliphatic carbocycles. The third-order valence-corrected chi connectivity index (χ3v) is 4.26. The van der Waals surface area contributed by atoms with Crippen LogP contribution in [-0.2, 0) is 4.74 Å². The quantitative estimate of drug-likeness (QED) is 0.755. The van der Waals surface area contributed by atoms with E-state index in [1.807, 2.05) is 38.4 Å². The van der Waals surface area contributed by atoms with Gasteiger partial charge in [-0.2, -0.15) is 0 Å². The van der Waals surface area contributed by atoms with Gasteiger partial charge in [-0.25, -0.2) is 4.79 Å². The zero-order chi connectivity index (χ0) is 17.4. The first-order valence-electron chi connectivity index (χ1n) is 8.91. The van der Waals surface area contributed by atoms with Gasteiger partial charge in [0.15, 0.2) is 0 Å². The number of para-hydroxylation sites is 2. The highest BCUT2D eigenvalue weighted by Crippen LogP contribution is 2.33. The fourth-order valence-corrected chi connectivity index (χ4v) is 3.30. The highest BCUT2D eigenvalue weighted by Gasteiger charge is 2.36. The van der Waals surface area contributed by atoms with Crippen LogP contribution in [0, 0.1) is 0 Å². The van der Waals surface area contributed by atoms with Gasteiger partial charge < -0.3 is 14.4 Å². The SMILES string of the molecule is CCCOc1ccccc1NC(=O)OC1(CN(C)C)CCCCC1.Cl. The van der Waals surface area contributed by atoms with E-state index in [0.29, 0.717) is 18.0 Å². The molecule has 1 aliphatic rings. The molecule has 1 aromatic rings. The molecule has 25 heavy (non-hydrogen) atoms. The van der Waals surface area contributed by atoms with Crippen LogP contribution >= 0.6 is 12.4 Å². The average molecular weight is 371 g/mol. The molecule has 6 heteroatoms. The van der Waals surface area contributed by atoms with Gasteiger partial charge in [-0.3, -0.25) is 5.32 Å². The number of halogens is 1. The molecule has 0 unspecified atom stereocenters. The van der Waals surface area contributed by atoms with Crippen molar-refractivity contribution in [3.63, 3.8) is 0 Å². The second-order valence-electron chi connectivity index (χ2n) is 6.84. The molecule has 142 valence electrons. The molecule has 1 aromatic carbocycles. The van der Waals surface area contributed by atoms with E-state index in [1.165, 1.54) is 6.42 Å². The first-order chi connectivity index (χ1) is 11.5. The number of hydrogen-bond donors (Lipinski definition) is 1. The summed E-state index contributed by atoms with van der Waals surface area (Å²) in [7, 11) is 4.04. The van der Waals surface area contributed by atoms with Gasteiger partial charge in [0, 0.05) is 6.54 Å². The van der Waals surface area contributed by atoms with Crippen molar-refractivity contribution < 1.29 is 14.3 Å². The Balaban J connectivity index is 0.00000312. The van der Waals surface area contributed by atoms with Crippen molar-refractivity contribution in [2.75, 3.05) is 32.6 Å². The maximum Gasteiger partial charge on any atom is 0.412 e. The molecule has 1 saturated carbocycles. The summed E-state index contributed by atoms with van der Waals surface area (Å²) >= 11 is 0. The van der Waals surface area contributed by atoms with E-state index in [1.54, 1.807) is 0 Å². The van der Waals surface area contributed by atoms with Crippen molar-refractivity contribution in [1.82, 2.24) is 4.90 Å². The lowest BCUT2D eigenvalue weighted by Crippen LogP contribution is -2.46. The van der Waals surface area contributed by atoms with Gasteiger partial charge in [0.05, 0.1) is 12.3 Å². The van der Waals surface area contributed by atoms with Crippen LogP contribution in [0.2, 0.25) is 0 Å². The Morgan fingerprint density at radius 3 is 2.52 bits per heavy atom. The van der Waals surface area contributed by atoms with Crippen LogP contribution in [0.4, 0.5) is 10.5 Å². The Kier molecular flexibility index (Phi) is 9.08. The molecule has 0 saturated heterocycles. The van der Waals surface area contributed by atoms with Crippen molar-refractivity contribution in [3.8, 4) is 5.75 Å². The van der Waals surface area contributed by atoms with Gasteiger partial charge >= 0.3 is 6.09 Å². The lowest BCUT2D eigenvalue weighted by molar-refractivity contribution is -0.0261. The number of anilines is 1. The van der Waals surface area contributed by atoms with E-state index in [2.05, 4.69) is 17.1 Å². The standard InChI is InChI=1S/C19H30N2O3.ClH/c1-4-14-23-17-11-7-6-10-16(17)20-18(22)24-19(15-21(2)3)12-8-5-9-13-19;/h6-7,10-11H,4-5,8-9,12-15H2,1-3H3,(H,20,22);1H. The van der Waals surface area contributed by atoms with E-state index >= 15 is 0 Å². The van der Waals surface area contributed by atoms with Crippen LogP contribution in [0.5, 0.6) is 5.75 Å². The Morgan fingerprint density at radius 2 is 1.88 bits per heavy atom. The third-order valence-electron chi connectivity index (χ3n) is 4.26. The van der Waals surface area contributed by atoms with Crippen molar-refractivity contribution >= 4 is 24.2 Å². The largest absolute Gasteiger partial charge is 0.491 e. The van der Waals surface area contributed by atoms with Gasteiger partial charge in [0.1, 0.15) is 11.4 Å². The summed E-state index contributed by atoms with van der Waals surface area (Å²) in [6, 6.07) is 7.48. The smallest absolute Gasteiger partial charge is 0.412 e. The normalized spacial score (nSPS) is 16.0. The molecule has 0 aliphatic heterocycles. The number of carbonyl (C=O) groups is 1. The number of amides is 1. The predicted octanol–water partition coefficient (Wildman–Crippen LogP) is 4.71. The highest BCUT2D eigenvalue weighted by atomic mass is 35.5. The average Bonchev–Trinajstić information content (AvgIpc) is 2.54. The van der Waals surface area contributed by atoms with Crippen LogP contribution in [0.15, 0.2) is 24.3 Å². The molecule has 0 bridgehead atoms. The van der Waals surface area contributed by atoms with E-state index < -0.39 is 6.09 Å². The fourth-order valence-electron chi connectivity index (χ4n) is 3.30. The molecule has 0 spiro atoms. The summed E-state index contributed by atoms with van der Waals surface area (Å²) in [4.78, 5) is 14.6. The summed E-state index contributed by atoms with van der Waals surface area (Å²) in [5, 5.41) is 2.86. The van der Waals surface area contributed by atoms with Gasteiger partial charge in [0.2, 0.25) is 0 Å². The number of hydrogen-bond acceptors (Lipinski definition) is 4. The van der Waals surface area contributed by atoms with Crippen molar-refractivity contribution in [1.29, 1.82) is 0 Å². The summed E-state index contributed by atoms with van der Waals surface area (Å²) in [6.07, 6.45) is 5.80. The van der Waals surface area contributed by atoms with Crippen LogP contribution in [0.25, 0.3) is 0 Å². The lowest BCUT2D eigenvalue weighted by Gasteiger charge is -2.38. The monoisotopic (exact) mass is 370 g/mol. The number of nitrogens with zero attached hydrogens (tertiary/aromatic N) is 1. The maximum absolute atomic E-state index is 12.5.